The number of fused-ring (bicyclic) bond motifs is 2. The van der Waals surface area contributed by atoms with E-state index in [1.165, 1.54) is 11.0 Å². The van der Waals surface area contributed by atoms with Crippen molar-refractivity contribution in [2.75, 3.05) is 7.05 Å². The number of ether oxygens (including phenoxy) is 1. The van der Waals surface area contributed by atoms with Crippen LogP contribution in [0.15, 0.2) is 48.8 Å². The predicted octanol–water partition coefficient (Wildman–Crippen LogP) is 2.94. The number of nitrogens with zero attached hydrogens (tertiary/aromatic N) is 3. The molecule has 0 aliphatic carbocycles. The van der Waals surface area contributed by atoms with Crippen LogP contribution in [0, 0.1) is 17.6 Å². The van der Waals surface area contributed by atoms with Gasteiger partial charge in [-0.2, -0.15) is 15.4 Å². The number of nitrogens with one attached hydrogen (secondary N) is 2. The van der Waals surface area contributed by atoms with Crippen molar-refractivity contribution in [2.45, 2.75) is 6.04 Å². The van der Waals surface area contributed by atoms with Gasteiger partial charge in [-0.15, -0.1) is 0 Å². The van der Waals surface area contributed by atoms with Crippen LogP contribution in [0.5, 0.6) is 11.5 Å². The topological polar surface area (TPSA) is 83.1 Å². The molecule has 0 radical (unpaired) electrons. The van der Waals surface area contributed by atoms with Gasteiger partial charge in [0, 0.05) is 30.8 Å². The van der Waals surface area contributed by atoms with Gasteiger partial charge in [-0.3, -0.25) is 4.79 Å². The third-order valence-corrected chi connectivity index (χ3v) is 5.10. The molecule has 3 heterocycles. The number of carbonyl (C=O) groups excluding carboxylic acids is 1. The number of hydrogen-bond acceptors (Lipinski definition) is 5. The zero-order valence-corrected chi connectivity index (χ0v) is 15.2. The molecule has 0 spiro atoms. The Morgan fingerprint density at radius 3 is 2.86 bits per heavy atom. The maximum Gasteiger partial charge on any atom is 0.249 e. The number of carbonyl (C=O) groups is 1. The summed E-state index contributed by atoms with van der Waals surface area (Å²) in [6.45, 7) is 0. The lowest BCUT2D eigenvalue weighted by Gasteiger charge is -2.31. The normalized spacial score (nSPS) is 20.6. The maximum absolute atomic E-state index is 14.3. The Hall–Kier alpha value is -3.75. The lowest BCUT2D eigenvalue weighted by atomic mass is 9.85. The Labute approximate surface area is 163 Å². The first-order valence-electron chi connectivity index (χ1n) is 8.91. The fourth-order valence-corrected chi connectivity index (χ4v) is 3.70. The number of amides is 1. The molecule has 2 N–H and O–H groups in total. The highest BCUT2D eigenvalue weighted by molar-refractivity contribution is 5.95. The van der Waals surface area contributed by atoms with E-state index in [9.17, 15) is 13.6 Å². The second-order valence-electron chi connectivity index (χ2n) is 6.87. The number of rotatable bonds is 3. The number of halogens is 2. The van der Waals surface area contributed by atoms with Crippen molar-refractivity contribution in [3.8, 4) is 11.5 Å². The van der Waals surface area contributed by atoms with Crippen molar-refractivity contribution in [3.63, 3.8) is 0 Å². The summed E-state index contributed by atoms with van der Waals surface area (Å²) in [5, 5.41) is 13.8. The van der Waals surface area contributed by atoms with Crippen LogP contribution in [0.4, 0.5) is 8.78 Å². The van der Waals surface area contributed by atoms with Crippen LogP contribution >= 0.6 is 0 Å². The SMILES string of the molecule is CN1C=C(c2ccc3n[nH]nc3c2Oc2ccc(F)cc2F)C2C=CNC2C1=O. The number of aromatic nitrogens is 3. The molecule has 2 unspecified atom stereocenters. The summed E-state index contributed by atoms with van der Waals surface area (Å²) in [7, 11) is 1.67. The third kappa shape index (κ3) is 2.74. The second-order valence-corrected chi connectivity index (χ2v) is 6.87. The third-order valence-electron chi connectivity index (χ3n) is 5.10. The van der Waals surface area contributed by atoms with Crippen LogP contribution in [-0.2, 0) is 4.79 Å². The minimum Gasteiger partial charge on any atom is -0.451 e. The molecular weight excluding hydrogens is 380 g/mol. The summed E-state index contributed by atoms with van der Waals surface area (Å²) in [6.07, 6.45) is 5.38. The quantitative estimate of drug-likeness (QED) is 0.713. The first-order valence-corrected chi connectivity index (χ1v) is 8.91. The number of aromatic amines is 1. The van der Waals surface area contributed by atoms with Crippen molar-refractivity contribution >= 4 is 22.5 Å². The van der Waals surface area contributed by atoms with Crippen molar-refractivity contribution in [1.29, 1.82) is 0 Å². The summed E-state index contributed by atoms with van der Waals surface area (Å²) >= 11 is 0. The zero-order valence-electron chi connectivity index (χ0n) is 15.2. The van der Waals surface area contributed by atoms with Crippen molar-refractivity contribution in [3.05, 3.63) is 66.0 Å². The Kier molecular flexibility index (Phi) is 3.83. The first kappa shape index (κ1) is 17.4. The van der Waals surface area contributed by atoms with Crippen LogP contribution in [0.3, 0.4) is 0 Å². The molecule has 7 nitrogen and oxygen atoms in total. The monoisotopic (exact) mass is 395 g/mol. The van der Waals surface area contributed by atoms with E-state index in [4.69, 9.17) is 4.74 Å². The van der Waals surface area contributed by atoms with Crippen LogP contribution in [0.25, 0.3) is 16.6 Å². The van der Waals surface area contributed by atoms with Gasteiger partial charge < -0.3 is 15.0 Å². The summed E-state index contributed by atoms with van der Waals surface area (Å²) in [5.41, 5.74) is 2.38. The summed E-state index contributed by atoms with van der Waals surface area (Å²) in [4.78, 5) is 13.9. The van der Waals surface area contributed by atoms with Crippen molar-refractivity contribution in [1.82, 2.24) is 25.6 Å². The van der Waals surface area contributed by atoms with Gasteiger partial charge in [0.1, 0.15) is 17.4 Å². The van der Waals surface area contributed by atoms with Gasteiger partial charge in [0.05, 0.1) is 0 Å². The Balaban J connectivity index is 1.68. The molecular formula is C20H15F2N5O2. The van der Waals surface area contributed by atoms with E-state index in [0.29, 0.717) is 16.6 Å². The van der Waals surface area contributed by atoms with E-state index in [0.717, 1.165) is 17.7 Å². The molecule has 5 rings (SSSR count). The Morgan fingerprint density at radius 1 is 1.17 bits per heavy atom. The van der Waals surface area contributed by atoms with Gasteiger partial charge in [0.2, 0.25) is 5.91 Å². The molecule has 2 atom stereocenters. The largest absolute Gasteiger partial charge is 0.451 e. The van der Waals surface area contributed by atoms with E-state index >= 15 is 0 Å². The zero-order chi connectivity index (χ0) is 20.1. The smallest absolute Gasteiger partial charge is 0.249 e. The van der Waals surface area contributed by atoms with E-state index in [2.05, 4.69) is 20.7 Å². The molecule has 1 aromatic heterocycles. The number of H-pyrrole nitrogens is 1. The summed E-state index contributed by atoms with van der Waals surface area (Å²) in [6, 6.07) is 6.22. The van der Waals surface area contributed by atoms with Gasteiger partial charge in [-0.05, 0) is 36.0 Å². The second kappa shape index (κ2) is 6.40. The van der Waals surface area contributed by atoms with Gasteiger partial charge in [0.25, 0.3) is 0 Å². The van der Waals surface area contributed by atoms with Gasteiger partial charge in [-0.1, -0.05) is 6.08 Å². The lowest BCUT2D eigenvalue weighted by Crippen LogP contribution is -2.46. The van der Waals surface area contributed by atoms with Crippen LogP contribution in [0.2, 0.25) is 0 Å². The molecule has 0 saturated carbocycles. The first-order chi connectivity index (χ1) is 14.0. The van der Waals surface area contributed by atoms with Crippen LogP contribution in [-0.4, -0.2) is 39.3 Å². The van der Waals surface area contributed by atoms with Gasteiger partial charge in [-0.25, -0.2) is 8.78 Å². The van der Waals surface area contributed by atoms with E-state index < -0.39 is 17.7 Å². The minimum absolute atomic E-state index is 0.0571. The van der Waals surface area contributed by atoms with E-state index in [1.54, 1.807) is 31.6 Å². The molecule has 1 amide bonds. The lowest BCUT2D eigenvalue weighted by molar-refractivity contribution is -0.130. The average molecular weight is 395 g/mol. The molecule has 29 heavy (non-hydrogen) atoms. The van der Waals surface area contributed by atoms with E-state index in [1.807, 2.05) is 6.08 Å². The minimum atomic E-state index is -0.832. The van der Waals surface area contributed by atoms with Gasteiger partial charge in [0.15, 0.2) is 22.8 Å². The predicted molar refractivity (Wildman–Crippen MR) is 101 cm³/mol. The molecule has 3 aromatic rings. The van der Waals surface area contributed by atoms with Gasteiger partial charge >= 0.3 is 0 Å². The molecule has 2 aliphatic heterocycles. The van der Waals surface area contributed by atoms with Crippen LogP contribution in [0.1, 0.15) is 5.56 Å². The standard InChI is InChI=1S/C20H15F2N5O2/c1-27-9-13(11-6-7-23-17(11)20(27)28)12-3-4-15-18(25-26-24-15)19(12)29-16-5-2-10(21)8-14(16)22/h2-9,11,17,23H,1H3,(H,24,25,26). The molecule has 146 valence electrons. The average Bonchev–Trinajstić information content (AvgIpc) is 3.37. The molecule has 2 aromatic carbocycles. The number of benzene rings is 2. The Bertz CT molecular complexity index is 1200. The van der Waals surface area contributed by atoms with Crippen molar-refractivity contribution in [2.24, 2.45) is 5.92 Å². The molecule has 2 aliphatic rings. The van der Waals surface area contributed by atoms with Crippen LogP contribution < -0.4 is 10.1 Å². The number of likely N-dealkylation sites (N-methyl/N-ethyl adjacent to an activating group) is 1. The molecule has 0 bridgehead atoms. The molecule has 9 heteroatoms. The summed E-state index contributed by atoms with van der Waals surface area (Å²) < 4.78 is 33.4. The highest BCUT2D eigenvalue weighted by Crippen LogP contribution is 2.42. The number of hydrogen-bond donors (Lipinski definition) is 2. The Morgan fingerprint density at radius 2 is 2.03 bits per heavy atom. The highest BCUT2D eigenvalue weighted by atomic mass is 19.1. The molecule has 0 fully saturated rings. The maximum atomic E-state index is 14.3. The highest BCUT2D eigenvalue weighted by Gasteiger charge is 2.39. The fourth-order valence-electron chi connectivity index (χ4n) is 3.70. The van der Waals surface area contributed by atoms with Crippen molar-refractivity contribution < 1.29 is 18.3 Å². The fraction of sp³-hybridized carbons (Fsp3) is 0.150. The molecule has 0 saturated heterocycles. The summed E-state index contributed by atoms with van der Waals surface area (Å²) in [5.74, 6) is -1.67. The van der Waals surface area contributed by atoms with E-state index in [-0.39, 0.29) is 23.3 Å².